The summed E-state index contributed by atoms with van der Waals surface area (Å²) in [6.45, 7) is 4.20. The van der Waals surface area contributed by atoms with Crippen molar-refractivity contribution in [2.45, 2.75) is 26.4 Å². The SMILES string of the molecule is CCC1=NNC(C)N1C. The van der Waals surface area contributed by atoms with E-state index >= 15 is 0 Å². The van der Waals surface area contributed by atoms with Gasteiger partial charge >= 0.3 is 0 Å². The van der Waals surface area contributed by atoms with E-state index in [1.54, 1.807) is 0 Å². The Balaban J connectivity index is 2.55. The van der Waals surface area contributed by atoms with Crippen molar-refractivity contribution in [1.29, 1.82) is 0 Å². The Morgan fingerprint density at radius 2 is 2.44 bits per heavy atom. The molecule has 0 spiro atoms. The standard InChI is InChI=1S/C6H13N3/c1-4-6-8-7-5(2)9(6)3/h5,7H,4H2,1-3H3. The summed E-state index contributed by atoms with van der Waals surface area (Å²) in [5.41, 5.74) is 2.98. The van der Waals surface area contributed by atoms with Crippen LogP contribution in [0.2, 0.25) is 0 Å². The molecule has 0 amide bonds. The monoisotopic (exact) mass is 127 g/mol. The molecule has 0 aromatic heterocycles. The lowest BCUT2D eigenvalue weighted by molar-refractivity contribution is 0.373. The molecule has 0 aliphatic carbocycles. The maximum atomic E-state index is 4.11. The van der Waals surface area contributed by atoms with Crippen LogP contribution in [0.5, 0.6) is 0 Å². The van der Waals surface area contributed by atoms with Crippen molar-refractivity contribution in [3.63, 3.8) is 0 Å². The Hall–Kier alpha value is -0.730. The van der Waals surface area contributed by atoms with Gasteiger partial charge in [-0.15, -0.1) is 0 Å². The summed E-state index contributed by atoms with van der Waals surface area (Å²) in [6.07, 6.45) is 1.38. The van der Waals surface area contributed by atoms with Crippen molar-refractivity contribution in [3.05, 3.63) is 0 Å². The second-order valence-electron chi connectivity index (χ2n) is 2.30. The zero-order valence-electron chi connectivity index (χ0n) is 6.18. The Labute approximate surface area is 55.7 Å². The van der Waals surface area contributed by atoms with Crippen LogP contribution >= 0.6 is 0 Å². The van der Waals surface area contributed by atoms with Crippen molar-refractivity contribution in [3.8, 4) is 0 Å². The van der Waals surface area contributed by atoms with Gasteiger partial charge in [0.15, 0.2) is 0 Å². The van der Waals surface area contributed by atoms with Crippen molar-refractivity contribution < 1.29 is 0 Å². The van der Waals surface area contributed by atoms with Gasteiger partial charge < -0.3 is 4.90 Å². The maximum absolute atomic E-state index is 4.11. The van der Waals surface area contributed by atoms with Crippen LogP contribution in [-0.4, -0.2) is 23.9 Å². The largest absolute Gasteiger partial charge is 0.340 e. The van der Waals surface area contributed by atoms with Crippen LogP contribution in [0.3, 0.4) is 0 Å². The first kappa shape index (κ1) is 6.39. The quantitative estimate of drug-likeness (QED) is 0.558. The molecular formula is C6H13N3. The molecule has 3 nitrogen and oxygen atoms in total. The van der Waals surface area contributed by atoms with E-state index in [1.807, 2.05) is 7.05 Å². The third-order valence-corrected chi connectivity index (χ3v) is 1.68. The van der Waals surface area contributed by atoms with Gasteiger partial charge in [0.2, 0.25) is 0 Å². The van der Waals surface area contributed by atoms with Gasteiger partial charge in [-0.2, -0.15) is 5.10 Å². The number of rotatable bonds is 1. The van der Waals surface area contributed by atoms with Gasteiger partial charge in [0.25, 0.3) is 0 Å². The maximum Gasteiger partial charge on any atom is 0.125 e. The number of nitrogens with one attached hydrogen (secondary N) is 1. The topological polar surface area (TPSA) is 27.6 Å². The lowest BCUT2D eigenvalue weighted by Crippen LogP contribution is -2.33. The lowest BCUT2D eigenvalue weighted by Gasteiger charge is -2.17. The molecule has 0 fully saturated rings. The fourth-order valence-corrected chi connectivity index (χ4v) is 0.885. The normalized spacial score (nSPS) is 25.9. The molecule has 1 unspecified atom stereocenters. The first-order valence-electron chi connectivity index (χ1n) is 3.30. The van der Waals surface area contributed by atoms with E-state index in [-0.39, 0.29) is 0 Å². The highest BCUT2D eigenvalue weighted by Gasteiger charge is 2.16. The van der Waals surface area contributed by atoms with Gasteiger partial charge in [0.05, 0.1) is 0 Å². The molecule has 0 saturated carbocycles. The summed E-state index contributed by atoms with van der Waals surface area (Å²) < 4.78 is 0. The van der Waals surface area contributed by atoms with Crippen molar-refractivity contribution in [2.24, 2.45) is 5.10 Å². The number of amidine groups is 1. The third kappa shape index (κ3) is 0.992. The lowest BCUT2D eigenvalue weighted by atomic mass is 10.4. The van der Waals surface area contributed by atoms with E-state index in [0.717, 1.165) is 12.3 Å². The molecule has 0 radical (unpaired) electrons. The molecular weight excluding hydrogens is 114 g/mol. The van der Waals surface area contributed by atoms with Gasteiger partial charge in [-0.25, -0.2) is 0 Å². The van der Waals surface area contributed by atoms with Crippen LogP contribution in [0.1, 0.15) is 20.3 Å². The summed E-state index contributed by atoms with van der Waals surface area (Å²) in [6, 6.07) is 0. The summed E-state index contributed by atoms with van der Waals surface area (Å²) in [5.74, 6) is 1.14. The fraction of sp³-hybridized carbons (Fsp3) is 0.833. The molecule has 0 aromatic rings. The zero-order chi connectivity index (χ0) is 6.85. The molecule has 1 heterocycles. The summed E-state index contributed by atoms with van der Waals surface area (Å²) in [4.78, 5) is 2.14. The minimum Gasteiger partial charge on any atom is -0.340 e. The molecule has 0 aromatic carbocycles. The highest BCUT2D eigenvalue weighted by Crippen LogP contribution is 2.03. The Morgan fingerprint density at radius 3 is 2.67 bits per heavy atom. The average Bonchev–Trinajstić information content (AvgIpc) is 2.15. The van der Waals surface area contributed by atoms with Gasteiger partial charge in [-0.05, 0) is 6.92 Å². The smallest absolute Gasteiger partial charge is 0.125 e. The Morgan fingerprint density at radius 1 is 1.78 bits per heavy atom. The fourth-order valence-electron chi connectivity index (χ4n) is 0.885. The summed E-state index contributed by atoms with van der Waals surface area (Å²) in [7, 11) is 2.05. The minimum atomic E-state index is 0.375. The molecule has 0 saturated heterocycles. The highest BCUT2D eigenvalue weighted by molar-refractivity contribution is 5.82. The second kappa shape index (κ2) is 2.25. The van der Waals surface area contributed by atoms with Crippen LogP contribution < -0.4 is 5.43 Å². The Bertz CT molecular complexity index is 130. The van der Waals surface area contributed by atoms with Crippen LogP contribution in [0.15, 0.2) is 5.10 Å². The van der Waals surface area contributed by atoms with Crippen LogP contribution in [0, 0.1) is 0 Å². The average molecular weight is 127 g/mol. The molecule has 9 heavy (non-hydrogen) atoms. The van der Waals surface area contributed by atoms with Gasteiger partial charge in [-0.3, -0.25) is 5.43 Å². The first-order chi connectivity index (χ1) is 4.25. The molecule has 1 rings (SSSR count). The predicted octanol–water partition coefficient (Wildman–Crippen LogP) is 0.591. The van der Waals surface area contributed by atoms with Crippen LogP contribution in [0.4, 0.5) is 0 Å². The van der Waals surface area contributed by atoms with Crippen LogP contribution in [-0.2, 0) is 0 Å². The van der Waals surface area contributed by atoms with E-state index < -0.39 is 0 Å². The molecule has 0 bridgehead atoms. The first-order valence-corrected chi connectivity index (χ1v) is 3.30. The molecule has 1 aliphatic rings. The molecule has 52 valence electrons. The minimum absolute atomic E-state index is 0.375. The predicted molar refractivity (Wildman–Crippen MR) is 38.1 cm³/mol. The number of hydrogen-bond donors (Lipinski definition) is 1. The van der Waals surface area contributed by atoms with E-state index in [1.165, 1.54) is 0 Å². The van der Waals surface area contributed by atoms with Crippen molar-refractivity contribution in [2.75, 3.05) is 7.05 Å². The molecule has 1 N–H and O–H groups in total. The number of hydrazone groups is 1. The Kier molecular flexibility index (Phi) is 1.60. The van der Waals surface area contributed by atoms with Crippen LogP contribution in [0.25, 0.3) is 0 Å². The van der Waals surface area contributed by atoms with Gasteiger partial charge in [0, 0.05) is 13.5 Å². The van der Waals surface area contributed by atoms with Gasteiger partial charge in [0.1, 0.15) is 12.0 Å². The second-order valence-corrected chi connectivity index (χ2v) is 2.30. The highest BCUT2D eigenvalue weighted by atomic mass is 15.5. The molecule has 1 atom stereocenters. The third-order valence-electron chi connectivity index (χ3n) is 1.68. The van der Waals surface area contributed by atoms with E-state index in [4.69, 9.17) is 0 Å². The zero-order valence-corrected chi connectivity index (χ0v) is 6.18. The molecule has 3 heteroatoms. The summed E-state index contributed by atoms with van der Waals surface area (Å²) >= 11 is 0. The van der Waals surface area contributed by atoms with E-state index in [2.05, 4.69) is 29.3 Å². The van der Waals surface area contributed by atoms with E-state index in [0.29, 0.717) is 6.17 Å². The van der Waals surface area contributed by atoms with E-state index in [9.17, 15) is 0 Å². The van der Waals surface area contributed by atoms with Gasteiger partial charge in [-0.1, -0.05) is 6.92 Å². The number of nitrogens with zero attached hydrogens (tertiary/aromatic N) is 2. The summed E-state index contributed by atoms with van der Waals surface area (Å²) in [5, 5.41) is 4.11. The van der Waals surface area contributed by atoms with Crippen molar-refractivity contribution >= 4 is 5.84 Å². The number of hydrogen-bond acceptors (Lipinski definition) is 3. The van der Waals surface area contributed by atoms with Crippen molar-refractivity contribution in [1.82, 2.24) is 10.3 Å². The molecule has 1 aliphatic heterocycles.